The maximum atomic E-state index is 13.0. The minimum atomic E-state index is -0.0906. The van der Waals surface area contributed by atoms with Gasteiger partial charge in [-0.25, -0.2) is 0 Å². The molecule has 7 heteroatoms. The first-order valence-corrected chi connectivity index (χ1v) is 23.4. The molecule has 0 N–H and O–H groups in total. The lowest BCUT2D eigenvalue weighted by Gasteiger charge is -2.20. The fourth-order valence-corrected chi connectivity index (χ4v) is 8.11. The average molecular weight is 754 g/mol. The minimum absolute atomic E-state index is 0.0294. The third kappa shape index (κ3) is 34.7. The maximum absolute atomic E-state index is 13.0. The van der Waals surface area contributed by atoms with Crippen LogP contribution in [0.1, 0.15) is 233 Å². The van der Waals surface area contributed by atoms with Crippen LogP contribution in [0, 0.1) is 0 Å². The zero-order valence-corrected chi connectivity index (χ0v) is 36.3. The molecule has 0 aromatic carbocycles. The largest absolute Gasteiger partial charge is 0.462 e. The predicted molar refractivity (Wildman–Crippen MR) is 225 cm³/mol. The van der Waals surface area contributed by atoms with Gasteiger partial charge in [0.2, 0.25) is 0 Å². The fourth-order valence-electron chi connectivity index (χ4n) is 6.91. The second-order valence-corrected chi connectivity index (χ2v) is 17.2. The molecule has 0 bridgehead atoms. The number of ether oxygens (including phenoxy) is 2. The van der Waals surface area contributed by atoms with Crippen molar-refractivity contribution in [3.63, 3.8) is 0 Å². The van der Waals surface area contributed by atoms with Crippen LogP contribution in [0.4, 0.5) is 0 Å². The van der Waals surface area contributed by atoms with Gasteiger partial charge in [0, 0.05) is 24.5 Å². The lowest BCUT2D eigenvalue weighted by atomic mass is 10.0. The Hall–Kier alpha value is -1.08. The molecule has 0 amide bonds. The number of unbranched alkanes of at least 4 members (excludes halogenated alkanes) is 16. The Labute approximate surface area is 327 Å². The van der Waals surface area contributed by atoms with Crippen molar-refractivity contribution in [2.45, 2.75) is 251 Å². The summed E-state index contributed by atoms with van der Waals surface area (Å²) >= 11 is 1.44. The van der Waals surface area contributed by atoms with Crippen LogP contribution in [0.5, 0.6) is 0 Å². The van der Waals surface area contributed by atoms with Crippen LogP contribution in [0.25, 0.3) is 0 Å². The SMILES string of the molecule is CCCCCCCC(CCCCCCC)OC(=O)CCCC(CCCC(=O)OC(CCCCCCC)CCCCCCC)SC(=O)CCCN(C)C. The van der Waals surface area contributed by atoms with Crippen molar-refractivity contribution in [3.8, 4) is 0 Å². The summed E-state index contributed by atoms with van der Waals surface area (Å²) in [7, 11) is 4.07. The zero-order valence-electron chi connectivity index (χ0n) is 35.5. The van der Waals surface area contributed by atoms with E-state index in [1.165, 1.54) is 114 Å². The number of rotatable bonds is 39. The number of carbonyl (C=O) groups excluding carboxylic acids is 3. The molecule has 0 aliphatic heterocycles. The van der Waals surface area contributed by atoms with Crippen LogP contribution < -0.4 is 0 Å². The van der Waals surface area contributed by atoms with Gasteiger partial charge in [-0.3, -0.25) is 14.4 Å². The van der Waals surface area contributed by atoms with Crippen molar-refractivity contribution in [2.24, 2.45) is 0 Å². The van der Waals surface area contributed by atoms with E-state index in [9.17, 15) is 14.4 Å². The van der Waals surface area contributed by atoms with Crippen LogP contribution in [0.2, 0.25) is 0 Å². The molecule has 308 valence electrons. The van der Waals surface area contributed by atoms with Gasteiger partial charge in [-0.15, -0.1) is 0 Å². The Kier molecular flexibility index (Phi) is 37.4. The molecule has 0 fully saturated rings. The van der Waals surface area contributed by atoms with Gasteiger partial charge >= 0.3 is 11.9 Å². The molecule has 6 nitrogen and oxygen atoms in total. The van der Waals surface area contributed by atoms with Crippen molar-refractivity contribution >= 4 is 28.8 Å². The Balaban J connectivity index is 5.06. The van der Waals surface area contributed by atoms with Crippen LogP contribution in [-0.2, 0) is 23.9 Å². The highest BCUT2D eigenvalue weighted by molar-refractivity contribution is 8.14. The minimum Gasteiger partial charge on any atom is -0.462 e. The van der Waals surface area contributed by atoms with E-state index in [-0.39, 0.29) is 34.5 Å². The molecule has 52 heavy (non-hydrogen) atoms. The van der Waals surface area contributed by atoms with Crippen molar-refractivity contribution < 1.29 is 23.9 Å². The van der Waals surface area contributed by atoms with E-state index in [2.05, 4.69) is 32.6 Å². The Morgan fingerprint density at radius 2 is 0.788 bits per heavy atom. The van der Waals surface area contributed by atoms with E-state index < -0.39 is 0 Å². The van der Waals surface area contributed by atoms with E-state index in [4.69, 9.17) is 9.47 Å². The lowest BCUT2D eigenvalue weighted by Crippen LogP contribution is -2.19. The Morgan fingerprint density at radius 3 is 1.12 bits per heavy atom. The first-order chi connectivity index (χ1) is 25.2. The number of thioether (sulfide) groups is 1. The van der Waals surface area contributed by atoms with Crippen LogP contribution in [-0.4, -0.2) is 60.1 Å². The Bertz CT molecular complexity index is 742. The summed E-state index contributed by atoms with van der Waals surface area (Å²) in [5.74, 6) is -0.181. The summed E-state index contributed by atoms with van der Waals surface area (Å²) in [5.41, 5.74) is 0. The van der Waals surface area contributed by atoms with Crippen LogP contribution in [0.3, 0.4) is 0 Å². The van der Waals surface area contributed by atoms with Gasteiger partial charge in [-0.05, 0) is 104 Å². The molecular weight excluding hydrogens is 667 g/mol. The van der Waals surface area contributed by atoms with E-state index in [0.717, 1.165) is 77.2 Å². The normalized spacial score (nSPS) is 11.7. The molecule has 0 aliphatic carbocycles. The summed E-state index contributed by atoms with van der Waals surface area (Å²) < 4.78 is 12.1. The quantitative estimate of drug-likeness (QED) is 0.0457. The lowest BCUT2D eigenvalue weighted by molar-refractivity contribution is -0.150. The highest BCUT2D eigenvalue weighted by Gasteiger charge is 2.20. The van der Waals surface area contributed by atoms with E-state index in [1.807, 2.05) is 14.1 Å². The van der Waals surface area contributed by atoms with Gasteiger partial charge in [-0.2, -0.15) is 0 Å². The highest BCUT2D eigenvalue weighted by atomic mass is 32.2. The van der Waals surface area contributed by atoms with Crippen LogP contribution >= 0.6 is 11.8 Å². The van der Waals surface area contributed by atoms with Gasteiger partial charge in [0.25, 0.3) is 0 Å². The predicted octanol–water partition coefficient (Wildman–Crippen LogP) is 13.6. The second kappa shape index (κ2) is 38.2. The highest BCUT2D eigenvalue weighted by Crippen LogP contribution is 2.27. The van der Waals surface area contributed by atoms with E-state index in [0.29, 0.717) is 32.1 Å². The van der Waals surface area contributed by atoms with Crippen molar-refractivity contribution in [2.75, 3.05) is 20.6 Å². The van der Waals surface area contributed by atoms with Gasteiger partial charge < -0.3 is 14.4 Å². The fraction of sp³-hybridized carbons (Fsp3) is 0.933. The first-order valence-electron chi connectivity index (χ1n) is 22.5. The number of esters is 2. The number of carbonyl (C=O) groups is 3. The molecule has 0 aliphatic rings. The molecule has 0 radical (unpaired) electrons. The maximum Gasteiger partial charge on any atom is 0.306 e. The van der Waals surface area contributed by atoms with Gasteiger partial charge in [0.1, 0.15) is 12.2 Å². The monoisotopic (exact) mass is 754 g/mol. The number of hydrogen-bond acceptors (Lipinski definition) is 7. The summed E-state index contributed by atoms with van der Waals surface area (Å²) in [5, 5.41) is 0.322. The molecule has 0 rings (SSSR count). The molecule has 0 heterocycles. The van der Waals surface area contributed by atoms with Crippen molar-refractivity contribution in [1.29, 1.82) is 0 Å². The molecule has 0 spiro atoms. The Morgan fingerprint density at radius 1 is 0.442 bits per heavy atom. The molecule has 0 saturated heterocycles. The zero-order chi connectivity index (χ0) is 38.5. The smallest absolute Gasteiger partial charge is 0.306 e. The summed E-state index contributed by atoms with van der Waals surface area (Å²) in [6, 6.07) is 0. The first kappa shape index (κ1) is 50.9. The third-order valence-electron chi connectivity index (χ3n) is 10.2. The molecular formula is C45H87NO5S. The molecule has 0 aromatic rings. The van der Waals surface area contributed by atoms with Gasteiger partial charge in [0.15, 0.2) is 5.12 Å². The van der Waals surface area contributed by atoms with Crippen molar-refractivity contribution in [3.05, 3.63) is 0 Å². The van der Waals surface area contributed by atoms with Crippen LogP contribution in [0.15, 0.2) is 0 Å². The number of nitrogens with zero attached hydrogens (tertiary/aromatic N) is 1. The summed E-state index contributed by atoms with van der Waals surface area (Å²) in [4.78, 5) is 41.1. The molecule has 0 atom stereocenters. The van der Waals surface area contributed by atoms with Crippen molar-refractivity contribution in [1.82, 2.24) is 4.90 Å². The summed E-state index contributed by atoms with van der Waals surface area (Å²) in [6.45, 7) is 9.85. The molecule has 0 unspecified atom stereocenters. The number of hydrogen-bond donors (Lipinski definition) is 0. The molecule has 0 saturated carbocycles. The average Bonchev–Trinajstić information content (AvgIpc) is 3.10. The van der Waals surface area contributed by atoms with E-state index >= 15 is 0 Å². The van der Waals surface area contributed by atoms with Gasteiger partial charge in [0.05, 0.1) is 0 Å². The topological polar surface area (TPSA) is 72.9 Å². The standard InChI is InChI=1S/C45H87NO5S/c1-7-11-15-19-23-30-40(31-24-20-16-12-8-2)50-43(47)36-27-34-42(52-45(49)38-29-39-46(5)6)35-28-37-44(48)51-41(32-25-21-17-13-9-3)33-26-22-18-14-10-4/h40-42H,7-39H2,1-6H3. The molecule has 0 aromatic heterocycles. The third-order valence-corrected chi connectivity index (χ3v) is 11.5. The van der Waals surface area contributed by atoms with Gasteiger partial charge in [-0.1, -0.05) is 142 Å². The second-order valence-electron chi connectivity index (χ2n) is 15.8. The van der Waals surface area contributed by atoms with E-state index in [1.54, 1.807) is 0 Å². The summed E-state index contributed by atoms with van der Waals surface area (Å²) in [6.07, 6.45) is 33.6.